The van der Waals surface area contributed by atoms with Crippen LogP contribution in [0.1, 0.15) is 21.8 Å². The summed E-state index contributed by atoms with van der Waals surface area (Å²) in [5, 5.41) is 18.4. The Morgan fingerprint density at radius 2 is 1.73 bits per heavy atom. The van der Waals surface area contributed by atoms with Crippen molar-refractivity contribution in [2.45, 2.75) is 10.8 Å². The molecule has 5 nitrogen and oxygen atoms in total. The lowest BCUT2D eigenvalue weighted by Crippen LogP contribution is -2.29. The minimum atomic E-state index is -0.870. The van der Waals surface area contributed by atoms with E-state index >= 15 is 0 Å². The van der Waals surface area contributed by atoms with Crippen molar-refractivity contribution in [2.75, 3.05) is 25.4 Å². The zero-order valence-electron chi connectivity index (χ0n) is 14.2. The number of carboxylic acids is 1. The van der Waals surface area contributed by atoms with E-state index in [1.807, 2.05) is 42.5 Å². The Hall–Kier alpha value is -2.31. The molecule has 1 fully saturated rings. The van der Waals surface area contributed by atoms with Crippen molar-refractivity contribution in [1.29, 1.82) is 0 Å². The molecule has 0 spiro atoms. The number of hydrogen-bond acceptors (Lipinski definition) is 4. The molecule has 0 radical (unpaired) electrons. The van der Waals surface area contributed by atoms with Crippen LogP contribution in [0.2, 0.25) is 0 Å². The molecule has 1 saturated heterocycles. The summed E-state index contributed by atoms with van der Waals surface area (Å²) in [6, 6.07) is 16.7. The maximum atomic E-state index is 12.8. The molecule has 0 aromatic heterocycles. The third kappa shape index (κ3) is 4.08. The average Bonchev–Trinajstić information content (AvgIpc) is 3.13. The van der Waals surface area contributed by atoms with E-state index in [1.54, 1.807) is 17.0 Å². The number of rotatable bonds is 6. The Labute approximate surface area is 156 Å². The van der Waals surface area contributed by atoms with E-state index in [9.17, 15) is 14.7 Å². The van der Waals surface area contributed by atoms with Crippen LogP contribution in [0.5, 0.6) is 0 Å². The second-order valence-electron chi connectivity index (χ2n) is 6.27. The zero-order valence-corrected chi connectivity index (χ0v) is 15.1. The van der Waals surface area contributed by atoms with Crippen molar-refractivity contribution in [3.63, 3.8) is 0 Å². The van der Waals surface area contributed by atoms with Crippen LogP contribution >= 0.6 is 11.8 Å². The van der Waals surface area contributed by atoms with Crippen LogP contribution in [-0.4, -0.2) is 52.4 Å². The molecule has 2 atom stereocenters. The molecule has 0 bridgehead atoms. The monoisotopic (exact) mass is 371 g/mol. The van der Waals surface area contributed by atoms with Crippen molar-refractivity contribution >= 4 is 23.6 Å². The van der Waals surface area contributed by atoms with Crippen molar-refractivity contribution < 1.29 is 19.8 Å². The van der Waals surface area contributed by atoms with Crippen molar-refractivity contribution in [1.82, 2.24) is 4.90 Å². The maximum Gasteiger partial charge on any atom is 0.308 e. The molecule has 1 amide bonds. The highest BCUT2D eigenvalue weighted by molar-refractivity contribution is 7.99. The van der Waals surface area contributed by atoms with Crippen molar-refractivity contribution in [2.24, 2.45) is 5.92 Å². The first-order valence-corrected chi connectivity index (χ1v) is 9.49. The topological polar surface area (TPSA) is 77.8 Å². The summed E-state index contributed by atoms with van der Waals surface area (Å²) >= 11 is 1.52. The van der Waals surface area contributed by atoms with Gasteiger partial charge < -0.3 is 15.1 Å². The Morgan fingerprint density at radius 1 is 1.04 bits per heavy atom. The second-order valence-corrected chi connectivity index (χ2v) is 7.44. The van der Waals surface area contributed by atoms with E-state index in [0.29, 0.717) is 17.9 Å². The number of benzene rings is 2. The molecule has 0 saturated carbocycles. The van der Waals surface area contributed by atoms with Gasteiger partial charge in [0.15, 0.2) is 0 Å². The van der Waals surface area contributed by atoms with Crippen LogP contribution in [0.4, 0.5) is 0 Å². The van der Waals surface area contributed by atoms with Crippen LogP contribution in [0.25, 0.3) is 0 Å². The third-order valence-electron chi connectivity index (χ3n) is 4.61. The van der Waals surface area contributed by atoms with Crippen molar-refractivity contribution in [3.8, 4) is 0 Å². The number of hydrogen-bond donors (Lipinski definition) is 2. The molecule has 2 aromatic carbocycles. The number of nitrogens with zero attached hydrogens (tertiary/aromatic N) is 1. The predicted octanol–water partition coefficient (Wildman–Crippen LogP) is 2.71. The molecular formula is C20H21NO4S. The Kier molecular flexibility index (Phi) is 5.96. The lowest BCUT2D eigenvalue weighted by atomic mass is 9.89. The molecule has 1 aliphatic rings. The molecule has 2 unspecified atom stereocenters. The Bertz CT molecular complexity index is 763. The molecule has 0 aliphatic carbocycles. The Balaban J connectivity index is 1.75. The van der Waals surface area contributed by atoms with Gasteiger partial charge in [-0.15, -0.1) is 11.8 Å². The second kappa shape index (κ2) is 8.38. The lowest BCUT2D eigenvalue weighted by Gasteiger charge is -2.17. The molecule has 6 heteroatoms. The fourth-order valence-corrected chi connectivity index (χ4v) is 3.95. The van der Waals surface area contributed by atoms with Gasteiger partial charge >= 0.3 is 5.97 Å². The van der Waals surface area contributed by atoms with Gasteiger partial charge in [0, 0.05) is 35.2 Å². The number of aliphatic hydroxyl groups is 1. The number of amides is 1. The highest BCUT2D eigenvalue weighted by atomic mass is 32.2. The number of carboxylic acid groups (broad SMARTS) is 1. The van der Waals surface area contributed by atoms with Gasteiger partial charge in [0.2, 0.25) is 0 Å². The molecule has 2 aromatic rings. The minimum Gasteiger partial charge on any atom is -0.481 e. The number of thioether (sulfide) groups is 1. The highest BCUT2D eigenvalue weighted by Gasteiger charge is 2.40. The maximum absolute atomic E-state index is 12.8. The van der Waals surface area contributed by atoms with E-state index in [2.05, 4.69) is 0 Å². The first-order valence-electron chi connectivity index (χ1n) is 8.51. The van der Waals surface area contributed by atoms with E-state index in [4.69, 9.17) is 5.11 Å². The number of likely N-dealkylation sites (tertiary alicyclic amines) is 1. The summed E-state index contributed by atoms with van der Waals surface area (Å²) in [6.07, 6.45) is 0. The summed E-state index contributed by atoms with van der Waals surface area (Å²) in [5.74, 6) is -1.20. The summed E-state index contributed by atoms with van der Waals surface area (Å²) in [5.41, 5.74) is 1.50. The number of aliphatic carboxylic acids is 1. The van der Waals surface area contributed by atoms with Crippen LogP contribution in [0, 0.1) is 5.92 Å². The van der Waals surface area contributed by atoms with Gasteiger partial charge in [-0.1, -0.05) is 30.3 Å². The quantitative estimate of drug-likeness (QED) is 0.764. The van der Waals surface area contributed by atoms with Gasteiger partial charge in [0.1, 0.15) is 0 Å². The zero-order chi connectivity index (χ0) is 18.5. The number of aliphatic hydroxyl groups excluding tert-OH is 1. The van der Waals surface area contributed by atoms with Gasteiger partial charge in [-0.05, 0) is 29.8 Å². The first-order chi connectivity index (χ1) is 12.6. The van der Waals surface area contributed by atoms with Crippen LogP contribution < -0.4 is 0 Å². The molecule has 26 heavy (non-hydrogen) atoms. The smallest absolute Gasteiger partial charge is 0.308 e. The fourth-order valence-electron chi connectivity index (χ4n) is 3.30. The van der Waals surface area contributed by atoms with Crippen LogP contribution in [0.15, 0.2) is 59.5 Å². The largest absolute Gasteiger partial charge is 0.481 e. The first kappa shape index (κ1) is 18.5. The normalized spacial score (nSPS) is 19.5. The predicted molar refractivity (Wildman–Crippen MR) is 100 cm³/mol. The van der Waals surface area contributed by atoms with Gasteiger partial charge in [-0.25, -0.2) is 0 Å². The minimum absolute atomic E-state index is 0.108. The van der Waals surface area contributed by atoms with Crippen molar-refractivity contribution in [3.05, 3.63) is 65.7 Å². The SMILES string of the molecule is O=C(O)C1CN(C(=O)c2ccc(SCCO)cc2)CC1c1ccccc1. The summed E-state index contributed by atoms with van der Waals surface area (Å²) in [6.45, 7) is 0.728. The number of carbonyl (C=O) groups excluding carboxylic acids is 1. The summed E-state index contributed by atoms with van der Waals surface area (Å²) < 4.78 is 0. The van der Waals surface area contributed by atoms with Crippen LogP contribution in [-0.2, 0) is 4.79 Å². The van der Waals surface area contributed by atoms with E-state index in [0.717, 1.165) is 10.5 Å². The molecule has 1 aliphatic heterocycles. The summed E-state index contributed by atoms with van der Waals surface area (Å²) in [4.78, 5) is 27.1. The fraction of sp³-hybridized carbons (Fsp3) is 0.300. The summed E-state index contributed by atoms with van der Waals surface area (Å²) in [7, 11) is 0. The van der Waals surface area contributed by atoms with Gasteiger partial charge in [-0.3, -0.25) is 9.59 Å². The van der Waals surface area contributed by atoms with E-state index in [1.165, 1.54) is 11.8 Å². The molecule has 1 heterocycles. The van der Waals surface area contributed by atoms with Gasteiger partial charge in [0.25, 0.3) is 5.91 Å². The standard InChI is InChI=1S/C20H21NO4S/c22-10-11-26-16-8-6-15(7-9-16)19(23)21-12-17(18(13-21)20(24)25)14-4-2-1-3-5-14/h1-9,17-18,22H,10-13H2,(H,24,25). The molecule has 3 rings (SSSR count). The van der Waals surface area contributed by atoms with E-state index < -0.39 is 11.9 Å². The molecule has 2 N–H and O–H groups in total. The molecular weight excluding hydrogens is 350 g/mol. The number of carbonyl (C=O) groups is 2. The average molecular weight is 371 g/mol. The van der Waals surface area contributed by atoms with Gasteiger partial charge in [0.05, 0.1) is 12.5 Å². The highest BCUT2D eigenvalue weighted by Crippen LogP contribution is 2.33. The molecule has 136 valence electrons. The van der Waals surface area contributed by atoms with Gasteiger partial charge in [-0.2, -0.15) is 0 Å². The van der Waals surface area contributed by atoms with E-state index in [-0.39, 0.29) is 25.0 Å². The Morgan fingerprint density at radius 3 is 2.35 bits per heavy atom. The lowest BCUT2D eigenvalue weighted by molar-refractivity contribution is -0.141. The van der Waals surface area contributed by atoms with Crippen LogP contribution in [0.3, 0.4) is 0 Å². The third-order valence-corrected chi connectivity index (χ3v) is 5.61.